The molecule has 734 valence electrons. The largest absolute Gasteiger partial charge is 0.465 e. The molecule has 123 heavy (non-hydrogen) atoms. The smallest absolute Gasteiger partial charge is 0.305 e. The van der Waals surface area contributed by atoms with Crippen molar-refractivity contribution in [2.24, 2.45) is 29.6 Å². The second-order valence-corrected chi connectivity index (χ2v) is 38.5. The van der Waals surface area contributed by atoms with Gasteiger partial charge in [-0.2, -0.15) is 0 Å². The highest BCUT2D eigenvalue weighted by Gasteiger charge is 2.21. The van der Waals surface area contributed by atoms with Gasteiger partial charge >= 0.3 is 23.9 Å². The summed E-state index contributed by atoms with van der Waals surface area (Å²) in [5.41, 5.74) is 0. The summed E-state index contributed by atoms with van der Waals surface area (Å²) < 4.78 is 23.0. The van der Waals surface area contributed by atoms with E-state index < -0.39 is 0 Å². The molecule has 0 fully saturated rings. The maximum absolute atomic E-state index is 12.5. The molecule has 0 radical (unpaired) electrons. The van der Waals surface area contributed by atoms with Crippen LogP contribution in [0.2, 0.25) is 0 Å². The fourth-order valence-corrected chi connectivity index (χ4v) is 17.8. The van der Waals surface area contributed by atoms with E-state index in [1.165, 1.54) is 424 Å². The fraction of sp³-hybridized carbons (Fsp3) is 0.955. The summed E-state index contributed by atoms with van der Waals surface area (Å²) in [4.78, 5) is 62.4. The molecule has 0 aromatic rings. The van der Waals surface area contributed by atoms with Gasteiger partial charge in [0.25, 0.3) is 0 Å². The molecule has 2 N–H and O–H groups in total. The van der Waals surface area contributed by atoms with Gasteiger partial charge in [-0.15, -0.1) is 0 Å². The van der Waals surface area contributed by atoms with E-state index in [9.17, 15) is 34.2 Å². The summed E-state index contributed by atoms with van der Waals surface area (Å²) in [6.07, 6.45) is 98.8. The molecule has 0 heterocycles. The molecule has 4 atom stereocenters. The van der Waals surface area contributed by atoms with Gasteiger partial charge in [0.1, 0.15) is 6.29 Å². The average molecular weight is 1740 g/mol. The van der Waals surface area contributed by atoms with E-state index in [2.05, 4.69) is 74.1 Å². The van der Waals surface area contributed by atoms with Crippen molar-refractivity contribution in [1.29, 1.82) is 0 Å². The number of rotatable bonds is 99. The SMILES string of the molecule is CCCCCCC(CCCC)COC(=O)CCCCCCCCC(CCCCO)CCCCCCCCC(=O)OCC(CCCC)CCCCCC.CCCCCCCCC=O.CCCCCCCCCN(CCCO)C(CCCCCCCCC(=O)OCC(CCCC)CCCCCC)CCCCCCCCC(=O)OCC(CCCC)CCCCCC. The number of nitrogens with zero attached hydrogens (tertiary/aromatic N) is 1. The molecule has 12 heteroatoms. The van der Waals surface area contributed by atoms with Gasteiger partial charge in [0.05, 0.1) is 26.4 Å². The van der Waals surface area contributed by atoms with Crippen molar-refractivity contribution in [3.8, 4) is 0 Å². The van der Waals surface area contributed by atoms with Crippen LogP contribution in [-0.2, 0) is 42.9 Å². The van der Waals surface area contributed by atoms with E-state index in [4.69, 9.17) is 18.9 Å². The van der Waals surface area contributed by atoms with E-state index in [1.807, 2.05) is 0 Å². The minimum atomic E-state index is 0.00958. The number of unbranched alkanes of at least 4 members (excludes halogenated alkanes) is 49. The fourth-order valence-electron chi connectivity index (χ4n) is 17.8. The highest BCUT2D eigenvalue weighted by molar-refractivity contribution is 5.70. The Hall–Kier alpha value is -2.57. The van der Waals surface area contributed by atoms with Crippen LogP contribution in [-0.4, -0.2) is 104 Å². The number of hydrogen-bond donors (Lipinski definition) is 2. The van der Waals surface area contributed by atoms with Crippen molar-refractivity contribution < 1.29 is 53.1 Å². The molecular formula is C111H219NO11. The highest BCUT2D eigenvalue weighted by Crippen LogP contribution is 2.28. The number of hydrogen-bond acceptors (Lipinski definition) is 12. The number of esters is 4. The number of ether oxygens (including phenoxy) is 4. The second-order valence-electron chi connectivity index (χ2n) is 38.5. The second kappa shape index (κ2) is 106. The van der Waals surface area contributed by atoms with Crippen LogP contribution in [0.4, 0.5) is 0 Å². The Bertz CT molecular complexity index is 1960. The Morgan fingerprint density at radius 1 is 0.220 bits per heavy atom. The quantitative estimate of drug-likeness (QED) is 0.0257. The van der Waals surface area contributed by atoms with Crippen molar-refractivity contribution in [2.75, 3.05) is 52.7 Å². The Morgan fingerprint density at radius 3 is 0.675 bits per heavy atom. The number of carbonyl (C=O) groups is 5. The molecule has 0 amide bonds. The first-order valence-corrected chi connectivity index (χ1v) is 55.4. The Morgan fingerprint density at radius 2 is 0.415 bits per heavy atom. The third kappa shape index (κ3) is 96.8. The molecule has 0 saturated carbocycles. The molecular weight excluding hydrogens is 1520 g/mol. The van der Waals surface area contributed by atoms with E-state index in [0.717, 1.165) is 102 Å². The first kappa shape index (κ1) is 125. The van der Waals surface area contributed by atoms with E-state index in [-0.39, 0.29) is 30.5 Å². The minimum Gasteiger partial charge on any atom is -0.465 e. The van der Waals surface area contributed by atoms with E-state index in [1.54, 1.807) is 0 Å². The van der Waals surface area contributed by atoms with Gasteiger partial charge in [0.2, 0.25) is 0 Å². The predicted molar refractivity (Wildman–Crippen MR) is 532 cm³/mol. The van der Waals surface area contributed by atoms with Crippen LogP contribution >= 0.6 is 0 Å². The van der Waals surface area contributed by atoms with Gasteiger partial charge in [0.15, 0.2) is 0 Å². The number of aliphatic hydroxyl groups is 2. The van der Waals surface area contributed by atoms with Crippen LogP contribution in [0.5, 0.6) is 0 Å². The molecule has 0 aliphatic carbocycles. The lowest BCUT2D eigenvalue weighted by molar-refractivity contribution is -0.146. The summed E-state index contributed by atoms with van der Waals surface area (Å²) in [6, 6.07) is 0.608. The van der Waals surface area contributed by atoms with Crippen molar-refractivity contribution >= 4 is 30.2 Å². The van der Waals surface area contributed by atoms with Crippen LogP contribution in [0.1, 0.15) is 596 Å². The standard InChI is InChI=1S/C55H109NO5.C47H92O5.C9H18O/c1-6-11-16-19-24-29-36-46-56(47-37-48-57)53(42-32-25-20-22-27-34-44-54(58)60-49-51(38-14-9-4)40-30-17-12-7-2)43-33-26-21-23-28-35-45-55(59)61-50-52(39-15-10-5)41-31-18-13-8-3;1-5-9-13-23-36-44(31-11-7-3)41-51-46(49)38-27-21-17-15-19-25-33-43(35-29-30-40-48)34-26-20-16-18-22-28-39-47(50)52-42-45(32-12-8-4)37-24-14-10-6-2;1-2-3-4-5-6-7-8-9-10/h51-53,57H,6-50H2,1-5H3;43-45,48H,5-42H2,1-4H3;9H,2-8H2,1H3. The number of aliphatic hydroxyl groups excluding tert-OH is 2. The van der Waals surface area contributed by atoms with Crippen molar-refractivity contribution in [3.05, 3.63) is 0 Å². The zero-order valence-electron chi connectivity index (χ0n) is 84.7. The van der Waals surface area contributed by atoms with Crippen LogP contribution in [0.3, 0.4) is 0 Å². The van der Waals surface area contributed by atoms with Crippen LogP contribution < -0.4 is 0 Å². The molecule has 0 aromatic heterocycles. The predicted octanol–water partition coefficient (Wildman–Crippen LogP) is 34.3. The zero-order chi connectivity index (χ0) is 90.5. The molecule has 0 bridgehead atoms. The third-order valence-corrected chi connectivity index (χ3v) is 26.3. The molecule has 0 aromatic carbocycles. The highest BCUT2D eigenvalue weighted by atomic mass is 16.5. The van der Waals surface area contributed by atoms with Crippen LogP contribution in [0.25, 0.3) is 0 Å². The lowest BCUT2D eigenvalue weighted by Crippen LogP contribution is -2.37. The average Bonchev–Trinajstić information content (AvgIpc) is 0.910. The van der Waals surface area contributed by atoms with E-state index in [0.29, 0.717) is 88.4 Å². The molecule has 4 unspecified atom stereocenters. The summed E-state index contributed by atoms with van der Waals surface area (Å²) in [7, 11) is 0. The van der Waals surface area contributed by atoms with Gasteiger partial charge in [0, 0.05) is 57.9 Å². The summed E-state index contributed by atoms with van der Waals surface area (Å²) in [5.74, 6) is 3.00. The van der Waals surface area contributed by atoms with Crippen LogP contribution in [0, 0.1) is 29.6 Å². The maximum Gasteiger partial charge on any atom is 0.305 e. The molecule has 0 aliphatic rings. The summed E-state index contributed by atoms with van der Waals surface area (Å²) >= 11 is 0. The summed E-state index contributed by atoms with van der Waals surface area (Å²) in [6.45, 7) is 27.8. The van der Waals surface area contributed by atoms with Crippen molar-refractivity contribution in [2.45, 2.75) is 602 Å². The minimum absolute atomic E-state index is 0.00958. The van der Waals surface area contributed by atoms with Crippen LogP contribution in [0.15, 0.2) is 0 Å². The normalized spacial score (nSPS) is 12.9. The first-order valence-electron chi connectivity index (χ1n) is 55.4. The third-order valence-electron chi connectivity index (χ3n) is 26.3. The topological polar surface area (TPSA) is 166 Å². The van der Waals surface area contributed by atoms with E-state index >= 15 is 0 Å². The molecule has 0 rings (SSSR count). The van der Waals surface area contributed by atoms with Gasteiger partial charge in [-0.3, -0.25) is 19.2 Å². The van der Waals surface area contributed by atoms with Gasteiger partial charge in [-0.1, -0.05) is 448 Å². The molecule has 12 nitrogen and oxygen atoms in total. The Balaban J connectivity index is -0.00000212. The maximum atomic E-state index is 12.5. The molecule has 0 aliphatic heterocycles. The monoisotopic (exact) mass is 1740 g/mol. The molecule has 0 spiro atoms. The first-order chi connectivity index (χ1) is 60.4. The zero-order valence-corrected chi connectivity index (χ0v) is 84.7. The van der Waals surface area contributed by atoms with Gasteiger partial charge in [-0.05, 0) is 152 Å². The Labute approximate surface area is 768 Å². The van der Waals surface area contributed by atoms with Gasteiger partial charge < -0.3 is 38.9 Å². The Kier molecular flexibility index (Phi) is 108. The lowest BCUT2D eigenvalue weighted by Gasteiger charge is -2.32. The summed E-state index contributed by atoms with van der Waals surface area (Å²) in [5, 5.41) is 19.1. The lowest BCUT2D eigenvalue weighted by atomic mass is 9.90. The number of carbonyl (C=O) groups excluding carboxylic acids is 5. The van der Waals surface area contributed by atoms with Crippen molar-refractivity contribution in [3.63, 3.8) is 0 Å². The number of aldehydes is 1. The van der Waals surface area contributed by atoms with Gasteiger partial charge in [-0.25, -0.2) is 0 Å². The van der Waals surface area contributed by atoms with Crippen molar-refractivity contribution in [1.82, 2.24) is 4.90 Å². The molecule has 0 saturated heterocycles.